The lowest BCUT2D eigenvalue weighted by Gasteiger charge is -2.22. The van der Waals surface area contributed by atoms with Gasteiger partial charge in [-0.05, 0) is 48.1 Å². The van der Waals surface area contributed by atoms with Crippen LogP contribution in [0.5, 0.6) is 0 Å². The molecule has 0 spiro atoms. The molecule has 2 heterocycles. The first kappa shape index (κ1) is 23.4. The lowest BCUT2D eigenvalue weighted by molar-refractivity contribution is -0.116. The van der Waals surface area contributed by atoms with E-state index in [1.54, 1.807) is 0 Å². The fourth-order valence-electron chi connectivity index (χ4n) is 4.62. The molecule has 0 bridgehead atoms. The SMILES string of the molecule is CC1Cc2ccccc2N1C(=O)CSc1nnc(-c2ccc(C(C)(C)C)cc2)n1-c1ccccc1. The molecule has 5 nitrogen and oxygen atoms in total. The van der Waals surface area contributed by atoms with Gasteiger partial charge < -0.3 is 4.90 Å². The van der Waals surface area contributed by atoms with Crippen LogP contribution in [0.25, 0.3) is 17.1 Å². The zero-order chi connectivity index (χ0) is 24.6. The number of benzene rings is 3. The highest BCUT2D eigenvalue weighted by atomic mass is 32.2. The first-order valence-electron chi connectivity index (χ1n) is 12.0. The number of thioether (sulfide) groups is 1. The number of aromatic nitrogens is 3. The molecule has 3 aromatic carbocycles. The van der Waals surface area contributed by atoms with Gasteiger partial charge in [-0.25, -0.2) is 0 Å². The van der Waals surface area contributed by atoms with Crippen LogP contribution in [-0.4, -0.2) is 32.5 Å². The van der Waals surface area contributed by atoms with E-state index in [0.717, 1.165) is 29.2 Å². The van der Waals surface area contributed by atoms with Crippen molar-refractivity contribution in [2.45, 2.75) is 50.7 Å². The summed E-state index contributed by atoms with van der Waals surface area (Å²) in [6.45, 7) is 8.73. The van der Waals surface area contributed by atoms with Crippen LogP contribution < -0.4 is 4.90 Å². The Morgan fingerprint density at radius 3 is 2.34 bits per heavy atom. The molecule has 0 fully saturated rings. The molecule has 1 atom stereocenters. The molecule has 0 N–H and O–H groups in total. The number of hydrogen-bond donors (Lipinski definition) is 0. The average Bonchev–Trinajstić information content (AvgIpc) is 3.43. The molecule has 4 aromatic rings. The summed E-state index contributed by atoms with van der Waals surface area (Å²) in [4.78, 5) is 15.2. The quantitative estimate of drug-likeness (QED) is 0.313. The highest BCUT2D eigenvalue weighted by Gasteiger charge is 2.31. The molecule has 5 rings (SSSR count). The maximum Gasteiger partial charge on any atom is 0.237 e. The predicted molar refractivity (Wildman–Crippen MR) is 143 cm³/mol. The Hall–Kier alpha value is -3.38. The second-order valence-corrected chi connectivity index (χ2v) is 11.0. The Bertz CT molecular complexity index is 1340. The Morgan fingerprint density at radius 1 is 0.943 bits per heavy atom. The summed E-state index contributed by atoms with van der Waals surface area (Å²) in [5.74, 6) is 1.16. The van der Waals surface area contributed by atoms with E-state index in [2.05, 4.69) is 68.2 Å². The Labute approximate surface area is 211 Å². The number of para-hydroxylation sites is 2. The molecule has 1 amide bonds. The monoisotopic (exact) mass is 482 g/mol. The number of hydrogen-bond acceptors (Lipinski definition) is 4. The van der Waals surface area contributed by atoms with Crippen LogP contribution in [0.3, 0.4) is 0 Å². The molecule has 6 heteroatoms. The molecular formula is C29H30N4OS. The first-order valence-corrected chi connectivity index (χ1v) is 13.0. The van der Waals surface area contributed by atoms with Crippen molar-refractivity contribution in [1.82, 2.24) is 14.8 Å². The topological polar surface area (TPSA) is 51.0 Å². The second-order valence-electron chi connectivity index (χ2n) is 10.0. The van der Waals surface area contributed by atoms with E-state index in [-0.39, 0.29) is 17.4 Å². The molecule has 1 unspecified atom stereocenters. The predicted octanol–water partition coefficient (Wildman–Crippen LogP) is 6.30. The maximum atomic E-state index is 13.3. The van der Waals surface area contributed by atoms with Crippen molar-refractivity contribution in [3.05, 3.63) is 90.0 Å². The van der Waals surface area contributed by atoms with E-state index in [0.29, 0.717) is 10.9 Å². The van der Waals surface area contributed by atoms with Crippen molar-refractivity contribution < 1.29 is 4.79 Å². The van der Waals surface area contributed by atoms with Gasteiger partial charge >= 0.3 is 0 Å². The first-order chi connectivity index (χ1) is 16.8. The third-order valence-electron chi connectivity index (χ3n) is 6.46. The molecule has 1 aromatic heterocycles. The number of carbonyl (C=O) groups is 1. The van der Waals surface area contributed by atoms with Gasteiger partial charge in [0, 0.05) is 23.0 Å². The number of rotatable bonds is 5. The summed E-state index contributed by atoms with van der Waals surface area (Å²) >= 11 is 1.43. The Kier molecular flexibility index (Phi) is 6.24. The van der Waals surface area contributed by atoms with Crippen LogP contribution in [0, 0.1) is 0 Å². The van der Waals surface area contributed by atoms with Crippen molar-refractivity contribution in [3.8, 4) is 17.1 Å². The summed E-state index contributed by atoms with van der Waals surface area (Å²) in [6.07, 6.45) is 0.890. The van der Waals surface area contributed by atoms with Crippen molar-refractivity contribution in [1.29, 1.82) is 0 Å². The molecule has 0 aliphatic carbocycles. The van der Waals surface area contributed by atoms with Gasteiger partial charge in [0.05, 0.1) is 5.75 Å². The van der Waals surface area contributed by atoms with Crippen LogP contribution >= 0.6 is 11.8 Å². The van der Waals surface area contributed by atoms with Gasteiger partial charge in [0.1, 0.15) is 0 Å². The Morgan fingerprint density at radius 2 is 1.63 bits per heavy atom. The zero-order valence-corrected chi connectivity index (χ0v) is 21.4. The lowest BCUT2D eigenvalue weighted by atomic mass is 9.87. The van der Waals surface area contributed by atoms with Gasteiger partial charge in [-0.3, -0.25) is 9.36 Å². The van der Waals surface area contributed by atoms with E-state index in [9.17, 15) is 4.79 Å². The van der Waals surface area contributed by atoms with Crippen molar-refractivity contribution in [3.63, 3.8) is 0 Å². The van der Waals surface area contributed by atoms with Crippen molar-refractivity contribution >= 4 is 23.4 Å². The average molecular weight is 483 g/mol. The highest BCUT2D eigenvalue weighted by molar-refractivity contribution is 7.99. The van der Waals surface area contributed by atoms with Gasteiger partial charge in [0.15, 0.2) is 11.0 Å². The normalized spacial score (nSPS) is 15.3. The van der Waals surface area contributed by atoms with Crippen LogP contribution in [0.15, 0.2) is 84.0 Å². The van der Waals surface area contributed by atoms with Crippen LogP contribution in [0.4, 0.5) is 5.69 Å². The van der Waals surface area contributed by atoms with Gasteiger partial charge in [-0.1, -0.05) is 93.2 Å². The molecule has 1 aliphatic heterocycles. The molecule has 35 heavy (non-hydrogen) atoms. The maximum absolute atomic E-state index is 13.3. The second kappa shape index (κ2) is 9.34. The van der Waals surface area contributed by atoms with Crippen LogP contribution in [-0.2, 0) is 16.6 Å². The summed E-state index contributed by atoms with van der Waals surface area (Å²) in [6, 6.07) is 26.9. The molecule has 0 radical (unpaired) electrons. The van der Waals surface area contributed by atoms with Gasteiger partial charge in [-0.15, -0.1) is 10.2 Å². The zero-order valence-electron chi connectivity index (χ0n) is 20.6. The number of carbonyl (C=O) groups excluding carboxylic acids is 1. The number of fused-ring (bicyclic) bond motifs is 1. The smallest absolute Gasteiger partial charge is 0.237 e. The molecule has 1 aliphatic rings. The van der Waals surface area contributed by atoms with E-state index in [1.165, 1.54) is 22.9 Å². The molecule has 0 saturated carbocycles. The minimum absolute atomic E-state index is 0.0817. The van der Waals surface area contributed by atoms with Crippen LogP contribution in [0.1, 0.15) is 38.8 Å². The third kappa shape index (κ3) is 4.63. The number of anilines is 1. The Balaban J connectivity index is 1.44. The summed E-state index contributed by atoms with van der Waals surface area (Å²) in [7, 11) is 0. The van der Waals surface area contributed by atoms with E-state index < -0.39 is 0 Å². The minimum Gasteiger partial charge on any atom is -0.308 e. The minimum atomic E-state index is 0.0817. The van der Waals surface area contributed by atoms with Crippen LogP contribution in [0.2, 0.25) is 0 Å². The standard InChI is InChI=1S/C29H30N4OS/c1-20-18-22-10-8-9-13-25(22)32(20)26(34)19-35-28-31-30-27(33(28)24-11-6-5-7-12-24)21-14-16-23(17-15-21)29(2,3)4/h5-17,20H,18-19H2,1-4H3. The van der Waals surface area contributed by atoms with Gasteiger partial charge in [0.2, 0.25) is 5.91 Å². The molecule has 178 valence electrons. The highest BCUT2D eigenvalue weighted by Crippen LogP contribution is 2.34. The summed E-state index contributed by atoms with van der Waals surface area (Å²) in [5.41, 5.74) is 5.57. The van der Waals surface area contributed by atoms with E-state index >= 15 is 0 Å². The van der Waals surface area contributed by atoms with Gasteiger partial charge in [0.25, 0.3) is 0 Å². The fourth-order valence-corrected chi connectivity index (χ4v) is 5.43. The third-order valence-corrected chi connectivity index (χ3v) is 7.37. The molecular weight excluding hydrogens is 452 g/mol. The number of amides is 1. The lowest BCUT2D eigenvalue weighted by Crippen LogP contribution is -2.37. The van der Waals surface area contributed by atoms with Crippen molar-refractivity contribution in [2.24, 2.45) is 0 Å². The summed E-state index contributed by atoms with van der Waals surface area (Å²) < 4.78 is 2.05. The van der Waals surface area contributed by atoms with E-state index in [1.807, 2.05) is 58.0 Å². The number of nitrogens with zero attached hydrogens (tertiary/aromatic N) is 4. The molecule has 0 saturated heterocycles. The summed E-state index contributed by atoms with van der Waals surface area (Å²) in [5, 5.41) is 9.76. The fraction of sp³-hybridized carbons (Fsp3) is 0.276. The van der Waals surface area contributed by atoms with Gasteiger partial charge in [-0.2, -0.15) is 0 Å². The van der Waals surface area contributed by atoms with Crippen molar-refractivity contribution in [2.75, 3.05) is 10.7 Å². The largest absolute Gasteiger partial charge is 0.308 e. The van der Waals surface area contributed by atoms with E-state index in [4.69, 9.17) is 0 Å².